The van der Waals surface area contributed by atoms with Crippen molar-refractivity contribution in [1.29, 1.82) is 0 Å². The van der Waals surface area contributed by atoms with Gasteiger partial charge in [-0.25, -0.2) is 0 Å². The van der Waals surface area contributed by atoms with Crippen molar-refractivity contribution in [3.63, 3.8) is 0 Å². The fraction of sp³-hybridized carbons (Fsp3) is 0.562. The molecular weight excluding hydrogens is 252 g/mol. The highest BCUT2D eigenvalue weighted by Crippen LogP contribution is 2.33. The van der Waals surface area contributed by atoms with Crippen molar-refractivity contribution in [2.75, 3.05) is 25.0 Å². The Morgan fingerprint density at radius 2 is 2.25 bits per heavy atom. The summed E-state index contributed by atoms with van der Waals surface area (Å²) in [6.07, 6.45) is 1.74. The molecule has 1 aromatic carbocycles. The van der Waals surface area contributed by atoms with Gasteiger partial charge in [-0.05, 0) is 50.9 Å². The molecule has 1 unspecified atom stereocenters. The Labute approximate surface area is 120 Å². The minimum atomic E-state index is -0.283. The van der Waals surface area contributed by atoms with Gasteiger partial charge in [-0.2, -0.15) is 0 Å². The van der Waals surface area contributed by atoms with Crippen LogP contribution in [0.5, 0.6) is 5.75 Å². The normalized spacial score (nSPS) is 21.8. The summed E-state index contributed by atoms with van der Waals surface area (Å²) < 4.78 is 5.62. The van der Waals surface area contributed by atoms with E-state index in [4.69, 9.17) is 4.74 Å². The number of hydrogen-bond donors (Lipinski definition) is 2. The van der Waals surface area contributed by atoms with Gasteiger partial charge in [-0.15, -0.1) is 0 Å². The molecule has 2 rings (SSSR count). The number of rotatable bonds is 5. The standard InChI is InChI=1S/C16H24N2O2/c1-4-16(8-9-17-11-16)15(19)18-13-7-6-12(3)10-14(13)20-5-2/h6-7,10,17H,4-5,8-9,11H2,1-3H3,(H,18,19). The molecular formula is C16H24N2O2. The largest absolute Gasteiger partial charge is 0.492 e. The minimum absolute atomic E-state index is 0.0924. The van der Waals surface area contributed by atoms with Gasteiger partial charge in [0, 0.05) is 6.54 Å². The van der Waals surface area contributed by atoms with Crippen LogP contribution in [-0.4, -0.2) is 25.6 Å². The lowest BCUT2D eigenvalue weighted by molar-refractivity contribution is -0.124. The predicted octanol–water partition coefficient (Wildman–Crippen LogP) is 2.72. The molecule has 4 nitrogen and oxygen atoms in total. The van der Waals surface area contributed by atoms with Gasteiger partial charge in [0.25, 0.3) is 0 Å². The molecule has 1 aliphatic heterocycles. The molecule has 1 fully saturated rings. The molecule has 1 atom stereocenters. The Morgan fingerprint density at radius 1 is 1.45 bits per heavy atom. The molecule has 0 spiro atoms. The quantitative estimate of drug-likeness (QED) is 0.869. The Kier molecular flexibility index (Phi) is 4.65. The first-order valence-corrected chi connectivity index (χ1v) is 7.37. The van der Waals surface area contributed by atoms with E-state index in [1.54, 1.807) is 0 Å². The van der Waals surface area contributed by atoms with E-state index < -0.39 is 0 Å². The molecule has 20 heavy (non-hydrogen) atoms. The molecule has 0 radical (unpaired) electrons. The van der Waals surface area contributed by atoms with E-state index in [0.29, 0.717) is 6.61 Å². The molecule has 0 bridgehead atoms. The Balaban J connectivity index is 2.18. The number of aryl methyl sites for hydroxylation is 1. The second-order valence-corrected chi connectivity index (χ2v) is 5.45. The van der Waals surface area contributed by atoms with Crippen LogP contribution in [0.1, 0.15) is 32.3 Å². The van der Waals surface area contributed by atoms with Gasteiger partial charge in [0.2, 0.25) is 5.91 Å². The van der Waals surface area contributed by atoms with Gasteiger partial charge in [-0.3, -0.25) is 4.79 Å². The zero-order valence-electron chi connectivity index (χ0n) is 12.6. The smallest absolute Gasteiger partial charge is 0.232 e. The predicted molar refractivity (Wildman–Crippen MR) is 81.2 cm³/mol. The van der Waals surface area contributed by atoms with Crippen LogP contribution in [0.4, 0.5) is 5.69 Å². The van der Waals surface area contributed by atoms with Crippen LogP contribution >= 0.6 is 0 Å². The van der Waals surface area contributed by atoms with E-state index in [-0.39, 0.29) is 11.3 Å². The second-order valence-electron chi connectivity index (χ2n) is 5.45. The molecule has 4 heteroatoms. The van der Waals surface area contributed by atoms with Crippen LogP contribution in [0.3, 0.4) is 0 Å². The minimum Gasteiger partial charge on any atom is -0.492 e. The third-order valence-corrected chi connectivity index (χ3v) is 4.09. The van der Waals surface area contributed by atoms with Gasteiger partial charge < -0.3 is 15.4 Å². The first-order valence-electron chi connectivity index (χ1n) is 7.37. The lowest BCUT2D eigenvalue weighted by Crippen LogP contribution is -2.37. The van der Waals surface area contributed by atoms with Gasteiger partial charge in [0.05, 0.1) is 17.7 Å². The lowest BCUT2D eigenvalue weighted by Gasteiger charge is -2.25. The van der Waals surface area contributed by atoms with E-state index in [1.165, 1.54) is 0 Å². The van der Waals surface area contributed by atoms with Crippen molar-refractivity contribution in [1.82, 2.24) is 5.32 Å². The van der Waals surface area contributed by atoms with Gasteiger partial charge in [-0.1, -0.05) is 13.0 Å². The zero-order chi connectivity index (χ0) is 14.6. The summed E-state index contributed by atoms with van der Waals surface area (Å²) in [6, 6.07) is 5.87. The second kappa shape index (κ2) is 6.27. The summed E-state index contributed by atoms with van der Waals surface area (Å²) in [5, 5.41) is 6.34. The third-order valence-electron chi connectivity index (χ3n) is 4.09. The van der Waals surface area contributed by atoms with Crippen LogP contribution in [0, 0.1) is 12.3 Å². The summed E-state index contributed by atoms with van der Waals surface area (Å²) >= 11 is 0. The number of ether oxygens (including phenoxy) is 1. The van der Waals surface area contributed by atoms with Gasteiger partial charge in [0.15, 0.2) is 0 Å². The Morgan fingerprint density at radius 3 is 2.85 bits per heavy atom. The number of carbonyl (C=O) groups excluding carboxylic acids is 1. The molecule has 110 valence electrons. The average molecular weight is 276 g/mol. The molecule has 0 saturated carbocycles. The fourth-order valence-corrected chi connectivity index (χ4v) is 2.66. The fourth-order valence-electron chi connectivity index (χ4n) is 2.66. The molecule has 1 heterocycles. The average Bonchev–Trinajstić information content (AvgIpc) is 2.92. The topological polar surface area (TPSA) is 50.4 Å². The number of carbonyl (C=O) groups is 1. The van der Waals surface area contributed by atoms with E-state index in [1.807, 2.05) is 32.0 Å². The highest BCUT2D eigenvalue weighted by atomic mass is 16.5. The van der Waals surface area contributed by atoms with Crippen LogP contribution in [0.15, 0.2) is 18.2 Å². The Hall–Kier alpha value is -1.55. The number of nitrogens with one attached hydrogen (secondary N) is 2. The van der Waals surface area contributed by atoms with E-state index >= 15 is 0 Å². The molecule has 1 amide bonds. The first-order chi connectivity index (χ1) is 9.61. The van der Waals surface area contributed by atoms with Crippen molar-refractivity contribution >= 4 is 11.6 Å². The maximum absolute atomic E-state index is 12.6. The van der Waals surface area contributed by atoms with Crippen molar-refractivity contribution < 1.29 is 9.53 Å². The summed E-state index contributed by atoms with van der Waals surface area (Å²) in [7, 11) is 0. The number of anilines is 1. The van der Waals surface area contributed by atoms with E-state index in [2.05, 4.69) is 17.6 Å². The summed E-state index contributed by atoms with van der Waals surface area (Å²) in [5.74, 6) is 0.841. The van der Waals surface area contributed by atoms with Crippen molar-refractivity contribution in [2.24, 2.45) is 5.41 Å². The van der Waals surface area contributed by atoms with E-state index in [9.17, 15) is 4.79 Å². The third kappa shape index (κ3) is 2.96. The maximum atomic E-state index is 12.6. The van der Waals surface area contributed by atoms with E-state index in [0.717, 1.165) is 42.9 Å². The van der Waals surface area contributed by atoms with Gasteiger partial charge in [0.1, 0.15) is 5.75 Å². The van der Waals surface area contributed by atoms with Crippen LogP contribution < -0.4 is 15.4 Å². The van der Waals surface area contributed by atoms with Crippen LogP contribution in [0.25, 0.3) is 0 Å². The highest BCUT2D eigenvalue weighted by molar-refractivity contribution is 5.97. The molecule has 0 aliphatic carbocycles. The number of hydrogen-bond acceptors (Lipinski definition) is 3. The zero-order valence-corrected chi connectivity index (χ0v) is 12.6. The van der Waals surface area contributed by atoms with Gasteiger partial charge >= 0.3 is 0 Å². The highest BCUT2D eigenvalue weighted by Gasteiger charge is 2.39. The van der Waals surface area contributed by atoms with Crippen molar-refractivity contribution in [2.45, 2.75) is 33.6 Å². The molecule has 0 aromatic heterocycles. The number of amides is 1. The molecule has 1 aromatic rings. The van der Waals surface area contributed by atoms with Crippen molar-refractivity contribution in [3.8, 4) is 5.75 Å². The summed E-state index contributed by atoms with van der Waals surface area (Å²) in [6.45, 7) is 8.29. The van der Waals surface area contributed by atoms with Crippen LogP contribution in [0.2, 0.25) is 0 Å². The Bertz CT molecular complexity index is 479. The maximum Gasteiger partial charge on any atom is 0.232 e. The monoisotopic (exact) mass is 276 g/mol. The summed E-state index contributed by atoms with van der Waals surface area (Å²) in [4.78, 5) is 12.6. The lowest BCUT2D eigenvalue weighted by atomic mass is 9.83. The van der Waals surface area contributed by atoms with Crippen LogP contribution in [-0.2, 0) is 4.79 Å². The summed E-state index contributed by atoms with van der Waals surface area (Å²) in [5.41, 5.74) is 1.61. The molecule has 1 saturated heterocycles. The first kappa shape index (κ1) is 14.9. The molecule has 2 N–H and O–H groups in total. The number of benzene rings is 1. The van der Waals surface area contributed by atoms with Crippen molar-refractivity contribution in [3.05, 3.63) is 23.8 Å². The molecule has 1 aliphatic rings. The SMILES string of the molecule is CCOc1cc(C)ccc1NC(=O)C1(CC)CCNC1.